The minimum Gasteiger partial charge on any atom is -0.383 e. The first-order valence-corrected chi connectivity index (χ1v) is 11.5. The fraction of sp³-hybridized carbons (Fsp3) is 0.650. The van der Waals surface area contributed by atoms with E-state index in [1.165, 1.54) is 39.2 Å². The van der Waals surface area contributed by atoms with Crippen molar-refractivity contribution in [1.82, 2.24) is 15.4 Å². The van der Waals surface area contributed by atoms with Gasteiger partial charge in [-0.2, -0.15) is 0 Å². The quantitative estimate of drug-likeness (QED) is 0.330. The second kappa shape index (κ2) is 11.4. The molecule has 0 amide bonds. The molecule has 0 radical (unpaired) electrons. The molecule has 0 heterocycles. The summed E-state index contributed by atoms with van der Waals surface area (Å²) < 4.78 is 32.1. The van der Waals surface area contributed by atoms with Gasteiger partial charge in [-0.05, 0) is 49.3 Å². The lowest BCUT2D eigenvalue weighted by Gasteiger charge is -2.29. The van der Waals surface area contributed by atoms with E-state index in [1.54, 1.807) is 25.2 Å². The van der Waals surface area contributed by atoms with Crippen LogP contribution in [0.3, 0.4) is 0 Å². The van der Waals surface area contributed by atoms with Crippen LogP contribution < -0.4 is 15.4 Å². The number of sulfonamides is 1. The molecular weight excluding hydrogens is 376 g/mol. The zero-order chi connectivity index (χ0) is 20.4. The number of nitrogens with one attached hydrogen (secondary N) is 3. The smallest absolute Gasteiger partial charge is 0.240 e. The molecule has 0 aromatic heterocycles. The summed E-state index contributed by atoms with van der Waals surface area (Å²) in [5.74, 6) is 1.61. The van der Waals surface area contributed by atoms with Gasteiger partial charge < -0.3 is 15.4 Å². The molecule has 8 heteroatoms. The van der Waals surface area contributed by atoms with Crippen molar-refractivity contribution in [3.8, 4) is 0 Å². The van der Waals surface area contributed by atoms with Crippen molar-refractivity contribution in [2.45, 2.75) is 56.5 Å². The van der Waals surface area contributed by atoms with Crippen LogP contribution in [0.2, 0.25) is 0 Å². The Morgan fingerprint density at radius 1 is 1.25 bits per heavy atom. The van der Waals surface area contributed by atoms with Gasteiger partial charge in [0.15, 0.2) is 5.96 Å². The van der Waals surface area contributed by atoms with E-state index >= 15 is 0 Å². The SMILES string of the molecule is CCC1CCC(NC(=NC)NCc2cccc(S(=O)(=O)NCCOC)c2)CC1. The molecule has 1 aliphatic carbocycles. The summed E-state index contributed by atoms with van der Waals surface area (Å²) in [6.45, 7) is 3.35. The molecule has 1 aliphatic rings. The number of methoxy groups -OCH3 is 1. The Morgan fingerprint density at radius 2 is 2.00 bits per heavy atom. The molecule has 0 aliphatic heterocycles. The number of benzene rings is 1. The van der Waals surface area contributed by atoms with Gasteiger partial charge in [-0.25, -0.2) is 13.1 Å². The number of rotatable bonds is 9. The van der Waals surface area contributed by atoms with E-state index in [1.807, 2.05) is 6.07 Å². The highest BCUT2D eigenvalue weighted by Crippen LogP contribution is 2.26. The molecule has 0 bridgehead atoms. The number of hydrogen-bond acceptors (Lipinski definition) is 4. The van der Waals surface area contributed by atoms with Gasteiger partial charge in [-0.1, -0.05) is 25.5 Å². The first-order chi connectivity index (χ1) is 13.5. The molecule has 0 atom stereocenters. The Bertz CT molecular complexity index is 729. The zero-order valence-electron chi connectivity index (χ0n) is 17.2. The van der Waals surface area contributed by atoms with E-state index in [4.69, 9.17) is 4.74 Å². The molecule has 28 heavy (non-hydrogen) atoms. The van der Waals surface area contributed by atoms with Crippen molar-refractivity contribution >= 4 is 16.0 Å². The predicted molar refractivity (Wildman–Crippen MR) is 113 cm³/mol. The number of hydrogen-bond donors (Lipinski definition) is 3. The molecule has 0 spiro atoms. The van der Waals surface area contributed by atoms with Crippen LogP contribution in [0, 0.1) is 5.92 Å². The van der Waals surface area contributed by atoms with Gasteiger partial charge in [-0.15, -0.1) is 0 Å². The Hall–Kier alpha value is -1.64. The van der Waals surface area contributed by atoms with Crippen LogP contribution in [0.1, 0.15) is 44.6 Å². The molecule has 0 unspecified atom stereocenters. The molecule has 0 saturated heterocycles. The van der Waals surface area contributed by atoms with Crippen molar-refractivity contribution in [2.75, 3.05) is 27.3 Å². The molecular formula is C20H34N4O3S. The van der Waals surface area contributed by atoms with E-state index in [2.05, 4.69) is 27.3 Å². The van der Waals surface area contributed by atoms with Crippen molar-refractivity contribution < 1.29 is 13.2 Å². The lowest BCUT2D eigenvalue weighted by molar-refractivity contribution is 0.204. The summed E-state index contributed by atoms with van der Waals surface area (Å²) in [6.07, 6.45) is 6.13. The number of nitrogens with zero attached hydrogens (tertiary/aromatic N) is 1. The van der Waals surface area contributed by atoms with Gasteiger partial charge in [0.2, 0.25) is 10.0 Å². The molecule has 7 nitrogen and oxygen atoms in total. The second-order valence-corrected chi connectivity index (χ2v) is 9.00. The third kappa shape index (κ3) is 7.07. The van der Waals surface area contributed by atoms with Gasteiger partial charge in [0.25, 0.3) is 0 Å². The molecule has 1 aromatic carbocycles. The monoisotopic (exact) mass is 410 g/mol. The molecule has 1 saturated carbocycles. The fourth-order valence-electron chi connectivity index (χ4n) is 3.47. The first-order valence-electron chi connectivity index (χ1n) is 10.0. The Morgan fingerprint density at radius 3 is 2.64 bits per heavy atom. The zero-order valence-corrected chi connectivity index (χ0v) is 18.0. The molecule has 3 N–H and O–H groups in total. The van der Waals surface area contributed by atoms with Crippen LogP contribution in [-0.2, 0) is 21.3 Å². The Labute approximate surface area is 169 Å². The van der Waals surface area contributed by atoms with Crippen molar-refractivity contribution in [2.24, 2.45) is 10.9 Å². The largest absolute Gasteiger partial charge is 0.383 e. The van der Waals surface area contributed by atoms with Crippen LogP contribution in [0.5, 0.6) is 0 Å². The highest BCUT2D eigenvalue weighted by atomic mass is 32.2. The maximum Gasteiger partial charge on any atom is 0.240 e. The standard InChI is InChI=1S/C20H34N4O3S/c1-4-16-8-10-18(11-9-16)24-20(21-2)22-15-17-6-5-7-19(14-17)28(25,26)23-12-13-27-3/h5-7,14,16,18,23H,4,8-13,15H2,1-3H3,(H2,21,22,24). The second-order valence-electron chi connectivity index (χ2n) is 7.23. The summed E-state index contributed by atoms with van der Waals surface area (Å²) in [6, 6.07) is 7.39. The summed E-state index contributed by atoms with van der Waals surface area (Å²) in [5, 5.41) is 6.79. The van der Waals surface area contributed by atoms with E-state index in [-0.39, 0.29) is 11.4 Å². The number of ether oxygens (including phenoxy) is 1. The highest BCUT2D eigenvalue weighted by molar-refractivity contribution is 7.89. The lowest BCUT2D eigenvalue weighted by Crippen LogP contribution is -2.44. The van der Waals surface area contributed by atoms with Gasteiger partial charge >= 0.3 is 0 Å². The topological polar surface area (TPSA) is 91.8 Å². The van der Waals surface area contributed by atoms with Gasteiger partial charge in [0.1, 0.15) is 0 Å². The minimum absolute atomic E-state index is 0.248. The molecule has 2 rings (SSSR count). The van der Waals surface area contributed by atoms with Crippen molar-refractivity contribution in [3.05, 3.63) is 29.8 Å². The van der Waals surface area contributed by atoms with Gasteiger partial charge in [0, 0.05) is 33.3 Å². The van der Waals surface area contributed by atoms with E-state index in [0.29, 0.717) is 19.2 Å². The van der Waals surface area contributed by atoms with Crippen LogP contribution >= 0.6 is 0 Å². The van der Waals surface area contributed by atoms with E-state index in [0.717, 1.165) is 17.4 Å². The summed E-state index contributed by atoms with van der Waals surface area (Å²) in [5.41, 5.74) is 0.882. The van der Waals surface area contributed by atoms with Gasteiger partial charge in [-0.3, -0.25) is 4.99 Å². The van der Waals surface area contributed by atoms with Gasteiger partial charge in [0.05, 0.1) is 11.5 Å². The summed E-state index contributed by atoms with van der Waals surface area (Å²) in [4.78, 5) is 4.56. The summed E-state index contributed by atoms with van der Waals surface area (Å²) in [7, 11) is -0.237. The Balaban J connectivity index is 1.89. The predicted octanol–water partition coefficient (Wildman–Crippen LogP) is 2.25. The Kier molecular flexibility index (Phi) is 9.21. The average molecular weight is 411 g/mol. The van der Waals surface area contributed by atoms with Crippen LogP contribution in [0.15, 0.2) is 34.2 Å². The molecule has 1 fully saturated rings. The van der Waals surface area contributed by atoms with E-state index in [9.17, 15) is 8.42 Å². The number of guanidine groups is 1. The highest BCUT2D eigenvalue weighted by Gasteiger charge is 2.20. The van der Waals surface area contributed by atoms with Crippen LogP contribution in [0.25, 0.3) is 0 Å². The number of aliphatic imine (C=N–C) groups is 1. The molecule has 158 valence electrons. The maximum atomic E-state index is 12.3. The fourth-order valence-corrected chi connectivity index (χ4v) is 4.56. The van der Waals surface area contributed by atoms with Crippen molar-refractivity contribution in [3.63, 3.8) is 0 Å². The van der Waals surface area contributed by atoms with Crippen LogP contribution in [0.4, 0.5) is 0 Å². The summed E-state index contributed by atoms with van der Waals surface area (Å²) >= 11 is 0. The third-order valence-corrected chi connectivity index (χ3v) is 6.71. The molecule has 1 aromatic rings. The third-order valence-electron chi connectivity index (χ3n) is 5.26. The van der Waals surface area contributed by atoms with Crippen molar-refractivity contribution in [1.29, 1.82) is 0 Å². The minimum atomic E-state index is -3.53. The first kappa shape index (κ1) is 22.6. The lowest BCUT2D eigenvalue weighted by atomic mass is 9.84. The van der Waals surface area contributed by atoms with Crippen LogP contribution in [-0.4, -0.2) is 47.7 Å². The van der Waals surface area contributed by atoms with E-state index < -0.39 is 10.0 Å². The normalized spacial score (nSPS) is 20.8. The average Bonchev–Trinajstić information content (AvgIpc) is 2.72. The maximum absolute atomic E-state index is 12.3.